The Morgan fingerprint density at radius 2 is 2.07 bits per heavy atom. The zero-order chi connectivity index (χ0) is 11.4. The second-order valence-electron chi connectivity index (χ2n) is 3.62. The maximum Gasteiger partial charge on any atom is 0.316 e. The Morgan fingerprint density at radius 3 is 2.47 bits per heavy atom. The normalized spacial score (nSPS) is 12.5. The topological polar surface area (TPSA) is 56.5 Å². The molecule has 0 amide bonds. The van der Waals surface area contributed by atoms with E-state index in [0.29, 0.717) is 5.56 Å². The van der Waals surface area contributed by atoms with Crippen LogP contribution in [0.25, 0.3) is 0 Å². The predicted octanol–water partition coefficient (Wildman–Crippen LogP) is 1.91. The van der Waals surface area contributed by atoms with Crippen LogP contribution in [0.3, 0.4) is 0 Å². The summed E-state index contributed by atoms with van der Waals surface area (Å²) in [6, 6.07) is 1.54. The molecule has 1 aromatic heterocycles. The lowest BCUT2D eigenvalue weighted by Crippen LogP contribution is -2.29. The minimum atomic E-state index is -0.757. The molecule has 0 aliphatic heterocycles. The first-order valence-corrected chi connectivity index (χ1v) is 4.72. The lowest BCUT2D eigenvalue weighted by Gasteiger charge is -2.15. The van der Waals surface area contributed by atoms with Crippen LogP contribution < -0.4 is 0 Å². The molecule has 0 saturated carbocycles. The molecule has 0 aromatic carbocycles. The van der Waals surface area contributed by atoms with Gasteiger partial charge in [-0.15, -0.1) is 0 Å². The van der Waals surface area contributed by atoms with Gasteiger partial charge >= 0.3 is 5.97 Å². The van der Waals surface area contributed by atoms with E-state index in [2.05, 4.69) is 4.74 Å². The Hall–Kier alpha value is -1.58. The van der Waals surface area contributed by atoms with Crippen LogP contribution in [0, 0.1) is 11.8 Å². The van der Waals surface area contributed by atoms with Crippen molar-refractivity contribution in [1.82, 2.24) is 0 Å². The smallest absolute Gasteiger partial charge is 0.316 e. The van der Waals surface area contributed by atoms with Crippen LogP contribution in [0.4, 0.5) is 0 Å². The number of hydrogen-bond acceptors (Lipinski definition) is 4. The van der Waals surface area contributed by atoms with Gasteiger partial charge in [-0.05, 0) is 12.0 Å². The predicted molar refractivity (Wildman–Crippen MR) is 53.4 cm³/mol. The highest BCUT2D eigenvalue weighted by Gasteiger charge is 2.31. The fourth-order valence-corrected chi connectivity index (χ4v) is 1.39. The summed E-state index contributed by atoms with van der Waals surface area (Å²) < 4.78 is 9.41. The summed E-state index contributed by atoms with van der Waals surface area (Å²) in [6.07, 6.45) is 2.74. The number of esters is 1. The largest absolute Gasteiger partial charge is 0.472 e. The number of ketones is 1. The number of Topliss-reactive ketones (excluding diaryl/α,β-unsaturated/α-hetero) is 1. The summed E-state index contributed by atoms with van der Waals surface area (Å²) in [7, 11) is 1.28. The fraction of sp³-hybridized carbons (Fsp3) is 0.455. The Balaban J connectivity index is 2.91. The molecule has 1 heterocycles. The van der Waals surface area contributed by atoms with E-state index >= 15 is 0 Å². The molecule has 1 atom stereocenters. The van der Waals surface area contributed by atoms with E-state index in [-0.39, 0.29) is 11.7 Å². The Morgan fingerprint density at radius 1 is 1.40 bits per heavy atom. The summed E-state index contributed by atoms with van der Waals surface area (Å²) in [4.78, 5) is 23.3. The molecule has 0 bridgehead atoms. The van der Waals surface area contributed by atoms with Crippen molar-refractivity contribution in [3.8, 4) is 0 Å². The van der Waals surface area contributed by atoms with Crippen LogP contribution in [-0.2, 0) is 9.53 Å². The molecule has 1 rings (SSSR count). The van der Waals surface area contributed by atoms with Gasteiger partial charge in [0.15, 0.2) is 5.78 Å². The SMILES string of the molecule is COC(=O)C(C(=O)c1ccoc1)C(C)C. The number of ether oxygens (including phenoxy) is 1. The summed E-state index contributed by atoms with van der Waals surface area (Å²) in [5.41, 5.74) is 0.402. The third kappa shape index (κ3) is 2.46. The number of methoxy groups -OCH3 is 1. The van der Waals surface area contributed by atoms with Crippen LogP contribution in [0.1, 0.15) is 24.2 Å². The number of hydrogen-bond donors (Lipinski definition) is 0. The van der Waals surface area contributed by atoms with Crippen molar-refractivity contribution in [3.05, 3.63) is 24.2 Å². The van der Waals surface area contributed by atoms with Gasteiger partial charge < -0.3 is 9.15 Å². The highest BCUT2D eigenvalue weighted by atomic mass is 16.5. The van der Waals surface area contributed by atoms with E-state index in [1.165, 1.54) is 19.6 Å². The molecule has 4 heteroatoms. The van der Waals surface area contributed by atoms with Gasteiger partial charge in [-0.1, -0.05) is 13.8 Å². The minimum absolute atomic E-state index is 0.0974. The van der Waals surface area contributed by atoms with Gasteiger partial charge in [0.1, 0.15) is 12.2 Å². The summed E-state index contributed by atoms with van der Waals surface area (Å²) in [5.74, 6) is -1.62. The third-order valence-corrected chi connectivity index (χ3v) is 2.21. The van der Waals surface area contributed by atoms with Crippen molar-refractivity contribution in [2.75, 3.05) is 7.11 Å². The summed E-state index contributed by atoms with van der Waals surface area (Å²) in [5, 5.41) is 0. The molecule has 82 valence electrons. The van der Waals surface area contributed by atoms with Crippen LogP contribution >= 0.6 is 0 Å². The highest BCUT2D eigenvalue weighted by Crippen LogP contribution is 2.19. The monoisotopic (exact) mass is 210 g/mol. The highest BCUT2D eigenvalue weighted by molar-refractivity contribution is 6.08. The molecular formula is C11H14O4. The molecule has 0 spiro atoms. The Labute approximate surface area is 88.2 Å². The lowest BCUT2D eigenvalue weighted by molar-refractivity contribution is -0.144. The molecule has 4 nitrogen and oxygen atoms in total. The zero-order valence-corrected chi connectivity index (χ0v) is 9.02. The average Bonchev–Trinajstić information content (AvgIpc) is 2.69. The van der Waals surface area contributed by atoms with E-state index in [1.54, 1.807) is 19.9 Å². The van der Waals surface area contributed by atoms with Gasteiger partial charge in [0.2, 0.25) is 0 Å². The van der Waals surface area contributed by atoms with Crippen molar-refractivity contribution >= 4 is 11.8 Å². The lowest BCUT2D eigenvalue weighted by atomic mass is 9.89. The molecule has 0 N–H and O–H groups in total. The minimum Gasteiger partial charge on any atom is -0.472 e. The van der Waals surface area contributed by atoms with Crippen molar-refractivity contribution in [3.63, 3.8) is 0 Å². The van der Waals surface area contributed by atoms with Gasteiger partial charge in [-0.2, -0.15) is 0 Å². The number of rotatable bonds is 4. The van der Waals surface area contributed by atoms with Crippen LogP contribution in [0.5, 0.6) is 0 Å². The van der Waals surface area contributed by atoms with Crippen LogP contribution in [-0.4, -0.2) is 18.9 Å². The number of carbonyl (C=O) groups is 2. The maximum atomic E-state index is 11.9. The standard InChI is InChI=1S/C11H14O4/c1-7(2)9(11(13)14-3)10(12)8-4-5-15-6-8/h4-7,9H,1-3H3. The number of carbonyl (C=O) groups excluding carboxylic acids is 2. The number of furan rings is 1. The summed E-state index contributed by atoms with van der Waals surface area (Å²) >= 11 is 0. The van der Waals surface area contributed by atoms with Gasteiger partial charge in [-0.3, -0.25) is 9.59 Å². The molecule has 1 unspecified atom stereocenters. The molecule has 0 saturated heterocycles. The van der Waals surface area contributed by atoms with E-state index in [4.69, 9.17) is 4.42 Å². The van der Waals surface area contributed by atoms with Crippen molar-refractivity contribution < 1.29 is 18.7 Å². The van der Waals surface area contributed by atoms with E-state index < -0.39 is 11.9 Å². The second-order valence-corrected chi connectivity index (χ2v) is 3.62. The zero-order valence-electron chi connectivity index (χ0n) is 9.02. The first-order valence-electron chi connectivity index (χ1n) is 4.72. The molecular weight excluding hydrogens is 196 g/mol. The molecule has 1 aromatic rings. The van der Waals surface area contributed by atoms with E-state index in [9.17, 15) is 9.59 Å². The fourth-order valence-electron chi connectivity index (χ4n) is 1.39. The van der Waals surface area contributed by atoms with E-state index in [1.807, 2.05) is 0 Å². The van der Waals surface area contributed by atoms with Gasteiger partial charge in [0, 0.05) is 0 Å². The molecule has 15 heavy (non-hydrogen) atoms. The second kappa shape index (κ2) is 4.77. The Kier molecular flexibility index (Phi) is 3.66. The van der Waals surface area contributed by atoms with Crippen LogP contribution in [0.2, 0.25) is 0 Å². The van der Waals surface area contributed by atoms with Crippen molar-refractivity contribution in [1.29, 1.82) is 0 Å². The first-order chi connectivity index (χ1) is 7.07. The van der Waals surface area contributed by atoms with Crippen LogP contribution in [0.15, 0.2) is 23.0 Å². The molecule has 0 aliphatic carbocycles. The molecule has 0 fully saturated rings. The molecule has 0 radical (unpaired) electrons. The first kappa shape index (κ1) is 11.5. The Bertz CT molecular complexity index is 337. The van der Waals surface area contributed by atoms with Gasteiger partial charge in [0.05, 0.1) is 18.9 Å². The average molecular weight is 210 g/mol. The third-order valence-electron chi connectivity index (χ3n) is 2.21. The quantitative estimate of drug-likeness (QED) is 0.432. The van der Waals surface area contributed by atoms with Crippen molar-refractivity contribution in [2.45, 2.75) is 13.8 Å². The maximum absolute atomic E-state index is 11.9. The van der Waals surface area contributed by atoms with E-state index in [0.717, 1.165) is 0 Å². The van der Waals surface area contributed by atoms with Crippen molar-refractivity contribution in [2.24, 2.45) is 11.8 Å². The van der Waals surface area contributed by atoms with Gasteiger partial charge in [0.25, 0.3) is 0 Å². The molecule has 0 aliphatic rings. The van der Waals surface area contributed by atoms with Gasteiger partial charge in [-0.25, -0.2) is 0 Å². The summed E-state index contributed by atoms with van der Waals surface area (Å²) in [6.45, 7) is 3.61.